The minimum absolute atomic E-state index is 0.0258. The highest BCUT2D eigenvalue weighted by Gasteiger charge is 2.34. The number of anilines is 2. The molecule has 0 aromatic heterocycles. The van der Waals surface area contributed by atoms with Crippen LogP contribution in [0.2, 0.25) is 0 Å². The Bertz CT molecular complexity index is 1720. The fourth-order valence-corrected chi connectivity index (χ4v) is 6.02. The van der Waals surface area contributed by atoms with Crippen LogP contribution in [0.25, 0.3) is 5.57 Å². The van der Waals surface area contributed by atoms with E-state index in [2.05, 4.69) is 22.0 Å². The Morgan fingerprint density at radius 3 is 2.35 bits per heavy atom. The van der Waals surface area contributed by atoms with Crippen molar-refractivity contribution in [3.63, 3.8) is 0 Å². The maximum atomic E-state index is 14.1. The predicted molar refractivity (Wildman–Crippen MR) is 174 cm³/mol. The molecule has 3 aromatic carbocycles. The number of carbonyl (C=O) groups excluding carboxylic acids is 4. The molecule has 1 fully saturated rings. The summed E-state index contributed by atoms with van der Waals surface area (Å²) in [6.07, 6.45) is 9.22. The highest BCUT2D eigenvalue weighted by Crippen LogP contribution is 2.38. The maximum absolute atomic E-state index is 14.1. The van der Waals surface area contributed by atoms with E-state index in [-0.39, 0.29) is 25.4 Å². The number of carboxylic acids is 1. The molecular weight excluding hydrogens is 584 g/mol. The van der Waals surface area contributed by atoms with Crippen molar-refractivity contribution in [3.8, 4) is 0 Å². The van der Waals surface area contributed by atoms with Crippen LogP contribution in [-0.4, -0.2) is 41.4 Å². The van der Waals surface area contributed by atoms with Crippen molar-refractivity contribution in [1.82, 2.24) is 10.6 Å². The maximum Gasteiger partial charge on any atom is 0.326 e. The highest BCUT2D eigenvalue weighted by molar-refractivity contribution is 6.23. The van der Waals surface area contributed by atoms with Crippen molar-refractivity contribution in [1.29, 1.82) is 0 Å². The molecule has 1 heterocycles. The largest absolute Gasteiger partial charge is 0.481 e. The van der Waals surface area contributed by atoms with Crippen molar-refractivity contribution < 1.29 is 29.1 Å². The van der Waals surface area contributed by atoms with Gasteiger partial charge < -0.3 is 15.7 Å². The molecule has 0 radical (unpaired) electrons. The molecule has 6 rings (SSSR count). The second-order valence-electron chi connectivity index (χ2n) is 12.1. The number of allylic oxidation sites excluding steroid dienone is 2. The van der Waals surface area contributed by atoms with Gasteiger partial charge in [-0.25, -0.2) is 4.79 Å². The van der Waals surface area contributed by atoms with Crippen molar-refractivity contribution in [2.75, 3.05) is 16.8 Å². The average molecular weight is 621 g/mol. The minimum atomic E-state index is -0.992. The fraction of sp³-hybridized carbons (Fsp3) is 0.306. The molecule has 0 atom stereocenters. The Hall–Kier alpha value is -5.25. The molecular formula is C36H36N4O6. The number of imide groups is 1. The zero-order chi connectivity index (χ0) is 32.2. The van der Waals surface area contributed by atoms with E-state index in [4.69, 9.17) is 5.11 Å². The molecule has 0 spiro atoms. The summed E-state index contributed by atoms with van der Waals surface area (Å²) >= 11 is 0. The number of rotatable bonds is 11. The lowest BCUT2D eigenvalue weighted by Crippen LogP contribution is -2.35. The minimum Gasteiger partial charge on any atom is -0.481 e. The molecule has 5 amide bonds. The Kier molecular flexibility index (Phi) is 8.96. The zero-order valence-electron chi connectivity index (χ0n) is 25.4. The van der Waals surface area contributed by atoms with E-state index in [1.54, 1.807) is 41.3 Å². The molecule has 46 heavy (non-hydrogen) atoms. The topological polar surface area (TPSA) is 145 Å². The van der Waals surface area contributed by atoms with Crippen molar-refractivity contribution in [2.24, 2.45) is 5.92 Å². The molecule has 0 saturated heterocycles. The number of carbonyl (C=O) groups is 5. The first-order valence-electron chi connectivity index (χ1n) is 15.8. The molecule has 1 aliphatic heterocycles. The quantitative estimate of drug-likeness (QED) is 0.196. The van der Waals surface area contributed by atoms with Gasteiger partial charge in [0, 0.05) is 23.5 Å². The summed E-state index contributed by atoms with van der Waals surface area (Å²) in [4.78, 5) is 64.0. The monoisotopic (exact) mass is 620 g/mol. The normalized spacial score (nSPS) is 15.4. The van der Waals surface area contributed by atoms with Crippen LogP contribution in [0.5, 0.6) is 0 Å². The number of urea groups is 1. The Labute approximate surface area is 266 Å². The van der Waals surface area contributed by atoms with E-state index in [1.165, 1.54) is 12.0 Å². The number of fused-ring (bicyclic) bond motifs is 1. The van der Waals surface area contributed by atoms with Gasteiger partial charge in [0.2, 0.25) is 0 Å². The molecule has 3 aromatic rings. The standard InChI is InChI=1S/C36H36N4O6/c41-31(42)18-19-37-33(43)26-10-8-23(9-11-26)21-40(27-14-12-25(13-15-27)24-4-2-1-3-5-24)36(46)38-30-17-16-28-32(35(45)39-34(28)44)29(30)20-22-6-7-22/h4,8-17,22H,1-3,5-7,18-21H2,(H,37,43)(H,38,46)(H,41,42)(H,39,44,45). The van der Waals surface area contributed by atoms with Gasteiger partial charge in [-0.05, 0) is 110 Å². The van der Waals surface area contributed by atoms with E-state index >= 15 is 0 Å². The summed E-state index contributed by atoms with van der Waals surface area (Å²) in [6.45, 7) is 0.217. The van der Waals surface area contributed by atoms with Gasteiger partial charge in [0.25, 0.3) is 17.7 Å². The van der Waals surface area contributed by atoms with E-state index in [0.717, 1.165) is 43.2 Å². The van der Waals surface area contributed by atoms with Crippen LogP contribution >= 0.6 is 0 Å². The van der Waals surface area contributed by atoms with Crippen LogP contribution in [-0.2, 0) is 17.8 Å². The van der Waals surface area contributed by atoms with Crippen LogP contribution in [0.4, 0.5) is 16.2 Å². The summed E-state index contributed by atoms with van der Waals surface area (Å²) in [7, 11) is 0. The number of carboxylic acid groups (broad SMARTS) is 1. The van der Waals surface area contributed by atoms with Crippen molar-refractivity contribution >= 4 is 46.7 Å². The van der Waals surface area contributed by atoms with E-state index in [0.29, 0.717) is 46.0 Å². The molecule has 2 aliphatic carbocycles. The molecule has 0 unspecified atom stereocenters. The number of amides is 5. The van der Waals surface area contributed by atoms with Crippen LogP contribution in [0, 0.1) is 5.92 Å². The molecule has 236 valence electrons. The number of benzene rings is 3. The van der Waals surface area contributed by atoms with Crippen LogP contribution in [0.3, 0.4) is 0 Å². The summed E-state index contributed by atoms with van der Waals surface area (Å²) in [6, 6.07) is 17.6. The third kappa shape index (κ3) is 7.01. The molecule has 10 heteroatoms. The summed E-state index contributed by atoms with van der Waals surface area (Å²) < 4.78 is 0. The molecule has 3 aliphatic rings. The number of aliphatic carboxylic acids is 1. The van der Waals surface area contributed by atoms with Crippen LogP contribution in [0.15, 0.2) is 66.7 Å². The smallest absolute Gasteiger partial charge is 0.326 e. The van der Waals surface area contributed by atoms with Gasteiger partial charge in [0.15, 0.2) is 0 Å². The highest BCUT2D eigenvalue weighted by atomic mass is 16.4. The Morgan fingerprint density at radius 2 is 1.67 bits per heavy atom. The Morgan fingerprint density at radius 1 is 0.913 bits per heavy atom. The average Bonchev–Trinajstić information content (AvgIpc) is 3.83. The van der Waals surface area contributed by atoms with Gasteiger partial charge in [-0.1, -0.05) is 30.3 Å². The van der Waals surface area contributed by atoms with Gasteiger partial charge in [-0.3, -0.25) is 29.4 Å². The lowest BCUT2D eigenvalue weighted by molar-refractivity contribution is -0.136. The van der Waals surface area contributed by atoms with Crippen molar-refractivity contribution in [3.05, 3.63) is 100 Å². The van der Waals surface area contributed by atoms with E-state index in [1.807, 2.05) is 24.3 Å². The first-order chi connectivity index (χ1) is 22.3. The molecule has 1 saturated carbocycles. The fourth-order valence-electron chi connectivity index (χ4n) is 6.02. The number of hydrogen-bond donors (Lipinski definition) is 4. The predicted octanol–water partition coefficient (Wildman–Crippen LogP) is 5.92. The second kappa shape index (κ2) is 13.4. The van der Waals surface area contributed by atoms with Gasteiger partial charge in [-0.2, -0.15) is 0 Å². The van der Waals surface area contributed by atoms with E-state index < -0.39 is 23.8 Å². The first kappa shape index (κ1) is 30.8. The second-order valence-corrected chi connectivity index (χ2v) is 12.1. The third-order valence-corrected chi connectivity index (χ3v) is 8.71. The summed E-state index contributed by atoms with van der Waals surface area (Å²) in [5.74, 6) is -1.83. The molecule has 10 nitrogen and oxygen atoms in total. The van der Waals surface area contributed by atoms with Crippen LogP contribution in [0.1, 0.15) is 92.7 Å². The van der Waals surface area contributed by atoms with Gasteiger partial charge in [0.05, 0.1) is 24.1 Å². The number of hydrogen-bond acceptors (Lipinski definition) is 5. The third-order valence-electron chi connectivity index (χ3n) is 8.71. The van der Waals surface area contributed by atoms with Gasteiger partial charge in [0.1, 0.15) is 0 Å². The summed E-state index contributed by atoms with van der Waals surface area (Å²) in [5, 5.41) is 16.8. The molecule has 0 bridgehead atoms. The molecule has 4 N–H and O–H groups in total. The first-order valence-corrected chi connectivity index (χ1v) is 15.8. The zero-order valence-corrected chi connectivity index (χ0v) is 25.4. The lowest BCUT2D eigenvalue weighted by atomic mass is 9.93. The Balaban J connectivity index is 1.27. The lowest BCUT2D eigenvalue weighted by Gasteiger charge is -2.25. The van der Waals surface area contributed by atoms with Gasteiger partial charge in [-0.15, -0.1) is 0 Å². The van der Waals surface area contributed by atoms with Gasteiger partial charge >= 0.3 is 12.0 Å². The number of nitrogens with zero attached hydrogens (tertiary/aromatic N) is 1. The van der Waals surface area contributed by atoms with E-state index in [9.17, 15) is 24.0 Å². The summed E-state index contributed by atoms with van der Waals surface area (Å²) in [5.41, 5.74) is 6.10. The van der Waals surface area contributed by atoms with Crippen molar-refractivity contribution in [2.45, 2.75) is 57.9 Å². The number of nitrogens with one attached hydrogen (secondary N) is 3. The SMILES string of the molecule is O=C(O)CCNC(=O)c1ccc(CN(C(=O)Nc2ccc3c(c2CC2CC2)C(=O)NC3=O)c2ccc(C3=CCCCC3)cc2)cc1. The van der Waals surface area contributed by atoms with Crippen LogP contribution < -0.4 is 20.9 Å².